The highest BCUT2D eigenvalue weighted by Gasteiger charge is 2.44. The van der Waals surface area contributed by atoms with Crippen molar-refractivity contribution in [1.82, 2.24) is 4.90 Å². The Balaban J connectivity index is 1.57. The molecule has 4 rings (SSSR count). The standard InChI is InChI=1S/C26H30FNO4S/c1-26(27)14-12-17(13-15-26)21(29)10-11-23-24(20-9-8-19(32-2)16-22(20)30)28(25(31)33-23)18-6-4-3-5-7-18/h3-4,6,8-9,12-14,16,21,23-24,29-30H,5,7,10-11,15H2,1-2H3/t21?,23-,24+,26?/m0/s1. The molecule has 5 nitrogen and oxygen atoms in total. The van der Waals surface area contributed by atoms with Crippen LogP contribution in [0.1, 0.15) is 50.6 Å². The maximum absolute atomic E-state index is 14.0. The van der Waals surface area contributed by atoms with Crippen molar-refractivity contribution in [3.05, 3.63) is 71.5 Å². The third kappa shape index (κ3) is 5.20. The van der Waals surface area contributed by atoms with Crippen LogP contribution in [0.15, 0.2) is 65.9 Å². The van der Waals surface area contributed by atoms with Gasteiger partial charge in [-0.15, -0.1) is 0 Å². The number of hydrogen-bond donors (Lipinski definition) is 2. The Kier molecular flexibility index (Phi) is 7.00. The summed E-state index contributed by atoms with van der Waals surface area (Å²) in [5.41, 5.74) is 0.920. The van der Waals surface area contributed by atoms with Crippen molar-refractivity contribution in [2.24, 2.45) is 0 Å². The van der Waals surface area contributed by atoms with E-state index >= 15 is 0 Å². The highest BCUT2D eigenvalue weighted by molar-refractivity contribution is 8.14. The fraction of sp³-hybridized carbons (Fsp3) is 0.423. The van der Waals surface area contributed by atoms with E-state index in [1.807, 2.05) is 18.2 Å². The first kappa shape index (κ1) is 23.6. The number of methoxy groups -OCH3 is 1. The van der Waals surface area contributed by atoms with Gasteiger partial charge in [0.2, 0.25) is 0 Å². The van der Waals surface area contributed by atoms with Gasteiger partial charge in [0.15, 0.2) is 0 Å². The van der Waals surface area contributed by atoms with Crippen molar-refractivity contribution < 1.29 is 24.1 Å². The number of alkyl halides is 1. The number of nitrogens with zero attached hydrogens (tertiary/aromatic N) is 1. The molecule has 33 heavy (non-hydrogen) atoms. The van der Waals surface area contributed by atoms with Crippen LogP contribution in [0, 0.1) is 0 Å². The van der Waals surface area contributed by atoms with Crippen molar-refractivity contribution in [1.29, 1.82) is 0 Å². The van der Waals surface area contributed by atoms with Gasteiger partial charge in [-0.3, -0.25) is 9.69 Å². The van der Waals surface area contributed by atoms with E-state index in [1.165, 1.54) is 24.8 Å². The number of benzene rings is 1. The number of amides is 1. The quantitative estimate of drug-likeness (QED) is 0.513. The molecule has 0 radical (unpaired) electrons. The van der Waals surface area contributed by atoms with Gasteiger partial charge < -0.3 is 14.9 Å². The molecule has 1 amide bonds. The minimum Gasteiger partial charge on any atom is -0.507 e. The molecule has 1 saturated heterocycles. The van der Waals surface area contributed by atoms with E-state index in [0.717, 1.165) is 18.5 Å². The Bertz CT molecular complexity index is 1030. The number of aromatic hydroxyl groups is 1. The van der Waals surface area contributed by atoms with E-state index in [2.05, 4.69) is 6.08 Å². The first-order chi connectivity index (χ1) is 15.8. The van der Waals surface area contributed by atoms with Gasteiger partial charge in [0.1, 0.15) is 17.2 Å². The lowest BCUT2D eigenvalue weighted by Crippen LogP contribution is -2.30. The number of carbonyl (C=O) groups excluding carboxylic acids is 1. The molecule has 0 aromatic heterocycles. The summed E-state index contributed by atoms with van der Waals surface area (Å²) >= 11 is 1.25. The second-order valence-electron chi connectivity index (χ2n) is 8.90. The number of rotatable bonds is 7. The number of phenolic OH excluding ortho intramolecular Hbond substituents is 1. The zero-order chi connectivity index (χ0) is 23.6. The molecule has 0 saturated carbocycles. The van der Waals surface area contributed by atoms with Crippen molar-refractivity contribution in [3.63, 3.8) is 0 Å². The van der Waals surface area contributed by atoms with Gasteiger partial charge in [-0.1, -0.05) is 36.1 Å². The van der Waals surface area contributed by atoms with Crippen molar-refractivity contribution in [3.8, 4) is 11.5 Å². The normalized spacial score (nSPS) is 28.0. The Hall–Kier alpha value is -2.51. The molecule has 1 aliphatic heterocycles. The average molecular weight is 472 g/mol. The van der Waals surface area contributed by atoms with Crippen molar-refractivity contribution in [2.75, 3.05) is 7.11 Å². The molecule has 1 aromatic carbocycles. The number of phenols is 1. The van der Waals surface area contributed by atoms with E-state index in [4.69, 9.17) is 4.74 Å². The number of hydrogen-bond acceptors (Lipinski definition) is 5. The summed E-state index contributed by atoms with van der Waals surface area (Å²) in [6.07, 6.45) is 13.0. The van der Waals surface area contributed by atoms with E-state index in [1.54, 1.807) is 36.3 Å². The maximum atomic E-state index is 14.0. The van der Waals surface area contributed by atoms with Gasteiger partial charge >= 0.3 is 0 Å². The van der Waals surface area contributed by atoms with Crippen LogP contribution < -0.4 is 4.74 Å². The Morgan fingerprint density at radius 3 is 2.85 bits per heavy atom. The Morgan fingerprint density at radius 2 is 2.21 bits per heavy atom. The lowest BCUT2D eigenvalue weighted by atomic mass is 9.90. The van der Waals surface area contributed by atoms with Gasteiger partial charge in [-0.05, 0) is 62.5 Å². The minimum atomic E-state index is -1.38. The van der Waals surface area contributed by atoms with Crippen LogP contribution in [0.4, 0.5) is 9.18 Å². The van der Waals surface area contributed by atoms with Gasteiger partial charge in [0, 0.05) is 29.0 Å². The summed E-state index contributed by atoms with van der Waals surface area (Å²) in [5.74, 6) is 0.625. The van der Waals surface area contributed by atoms with Crippen LogP contribution in [0.2, 0.25) is 0 Å². The second-order valence-corrected chi connectivity index (χ2v) is 10.1. The highest BCUT2D eigenvalue weighted by atomic mass is 32.2. The van der Waals surface area contributed by atoms with Crippen LogP contribution in [0.5, 0.6) is 11.5 Å². The van der Waals surface area contributed by atoms with Gasteiger partial charge in [-0.2, -0.15) is 0 Å². The number of carbonyl (C=O) groups is 1. The van der Waals surface area contributed by atoms with Gasteiger partial charge in [0.05, 0.1) is 19.3 Å². The van der Waals surface area contributed by atoms with Crippen LogP contribution >= 0.6 is 11.8 Å². The molecule has 7 heteroatoms. The smallest absolute Gasteiger partial charge is 0.286 e. The molecular formula is C26H30FNO4S. The number of allylic oxidation sites excluding steroid dienone is 6. The fourth-order valence-electron chi connectivity index (χ4n) is 4.53. The molecular weight excluding hydrogens is 441 g/mol. The molecule has 3 aliphatic rings. The topological polar surface area (TPSA) is 70.0 Å². The lowest BCUT2D eigenvalue weighted by molar-refractivity contribution is 0.190. The van der Waals surface area contributed by atoms with Crippen LogP contribution in [0.25, 0.3) is 0 Å². The molecule has 2 unspecified atom stereocenters. The van der Waals surface area contributed by atoms with E-state index in [9.17, 15) is 19.4 Å². The van der Waals surface area contributed by atoms with Crippen LogP contribution in [-0.2, 0) is 0 Å². The summed E-state index contributed by atoms with van der Waals surface area (Å²) in [6.45, 7) is 1.51. The average Bonchev–Trinajstić information content (AvgIpc) is 3.13. The number of halogens is 1. The molecule has 2 aliphatic carbocycles. The maximum Gasteiger partial charge on any atom is 0.286 e. The first-order valence-corrected chi connectivity index (χ1v) is 12.2. The number of aliphatic hydroxyl groups is 1. The molecule has 1 aromatic rings. The van der Waals surface area contributed by atoms with Crippen molar-refractivity contribution in [2.45, 2.75) is 62.1 Å². The predicted molar refractivity (Wildman–Crippen MR) is 129 cm³/mol. The molecule has 176 valence electrons. The molecule has 1 heterocycles. The molecule has 0 spiro atoms. The SMILES string of the molecule is COc1ccc([C@@H]2[C@H](CCC(O)C3=CCC(C)(F)C=C3)SC(=O)N2C2=CC=CCC2)c(O)c1. The predicted octanol–water partition coefficient (Wildman–Crippen LogP) is 5.97. The molecule has 4 atom stereocenters. The van der Waals surface area contributed by atoms with Crippen molar-refractivity contribution >= 4 is 17.0 Å². The van der Waals surface area contributed by atoms with E-state index in [0.29, 0.717) is 29.7 Å². The zero-order valence-electron chi connectivity index (χ0n) is 18.9. The van der Waals surface area contributed by atoms with Gasteiger partial charge in [-0.25, -0.2) is 4.39 Å². The number of ether oxygens (including phenoxy) is 1. The number of aliphatic hydroxyl groups excluding tert-OH is 1. The summed E-state index contributed by atoms with van der Waals surface area (Å²) in [4.78, 5) is 14.9. The van der Waals surface area contributed by atoms with Crippen LogP contribution in [0.3, 0.4) is 0 Å². The molecule has 1 fully saturated rings. The van der Waals surface area contributed by atoms with E-state index in [-0.39, 0.29) is 28.7 Å². The Morgan fingerprint density at radius 1 is 1.39 bits per heavy atom. The highest BCUT2D eigenvalue weighted by Crippen LogP contribution is 2.49. The summed E-state index contributed by atoms with van der Waals surface area (Å²) in [5, 5.41) is 21.3. The third-order valence-corrected chi connectivity index (χ3v) is 7.60. The number of thioether (sulfide) groups is 1. The Labute approximate surface area is 198 Å². The monoisotopic (exact) mass is 471 g/mol. The van der Waals surface area contributed by atoms with Crippen LogP contribution in [-0.4, -0.2) is 44.5 Å². The summed E-state index contributed by atoms with van der Waals surface area (Å²) in [6, 6.07) is 4.80. The minimum absolute atomic E-state index is 0.0544. The van der Waals surface area contributed by atoms with Gasteiger partial charge in [0.25, 0.3) is 5.24 Å². The summed E-state index contributed by atoms with van der Waals surface area (Å²) in [7, 11) is 1.54. The second kappa shape index (κ2) is 9.77. The molecule has 0 bridgehead atoms. The third-order valence-electron chi connectivity index (χ3n) is 6.41. The zero-order valence-corrected chi connectivity index (χ0v) is 19.7. The van der Waals surface area contributed by atoms with E-state index < -0.39 is 11.8 Å². The first-order valence-electron chi connectivity index (χ1n) is 11.3. The summed E-state index contributed by atoms with van der Waals surface area (Å²) < 4.78 is 19.3. The lowest BCUT2D eigenvalue weighted by Gasteiger charge is -2.31. The molecule has 2 N–H and O–H groups in total. The fourth-order valence-corrected chi connectivity index (χ4v) is 5.79. The largest absolute Gasteiger partial charge is 0.507 e.